The highest BCUT2D eigenvalue weighted by Crippen LogP contribution is 2.17. The molecule has 1 amide bonds. The molecule has 0 saturated carbocycles. The number of amides is 1. The predicted octanol–water partition coefficient (Wildman–Crippen LogP) is 3.64. The molecule has 0 bridgehead atoms. The Morgan fingerprint density at radius 1 is 1.21 bits per heavy atom. The van der Waals surface area contributed by atoms with E-state index in [1.807, 2.05) is 37.4 Å². The number of carbonyl (C=O) groups excluding carboxylic acids is 1. The van der Waals surface area contributed by atoms with Crippen LogP contribution in [-0.4, -0.2) is 49.9 Å². The van der Waals surface area contributed by atoms with Crippen molar-refractivity contribution in [3.05, 3.63) is 98.3 Å². The number of nitrogens with zero attached hydrogens (tertiary/aromatic N) is 3. The third-order valence-electron chi connectivity index (χ3n) is 6.24. The number of hydrogen-bond donors (Lipinski definition) is 1. The number of carbonyl (C=O) groups is 1. The van der Waals surface area contributed by atoms with E-state index in [4.69, 9.17) is 0 Å². The zero-order chi connectivity index (χ0) is 28.4. The van der Waals surface area contributed by atoms with Gasteiger partial charge in [-0.15, -0.1) is 11.8 Å². The predicted molar refractivity (Wildman–Crippen MR) is 160 cm³/mol. The van der Waals surface area contributed by atoms with E-state index in [2.05, 4.69) is 12.2 Å². The molecule has 8 nitrogen and oxygen atoms in total. The van der Waals surface area contributed by atoms with Crippen molar-refractivity contribution in [2.24, 2.45) is 7.05 Å². The summed E-state index contributed by atoms with van der Waals surface area (Å²) in [6.07, 6.45) is 17.3. The number of aromatic nitrogens is 2. The molecule has 0 aliphatic heterocycles. The van der Waals surface area contributed by atoms with Crippen LogP contribution in [-0.2, 0) is 29.4 Å². The van der Waals surface area contributed by atoms with Crippen molar-refractivity contribution in [3.8, 4) is 0 Å². The first-order valence-corrected chi connectivity index (χ1v) is 15.2. The van der Waals surface area contributed by atoms with Crippen molar-refractivity contribution in [2.45, 2.75) is 42.7 Å². The van der Waals surface area contributed by atoms with E-state index in [0.29, 0.717) is 16.5 Å². The minimum absolute atomic E-state index is 0.0559. The second-order valence-electron chi connectivity index (χ2n) is 9.11. The molecule has 1 atom stereocenters. The Kier molecular flexibility index (Phi) is 11.5. The maximum atomic E-state index is 13.4. The van der Waals surface area contributed by atoms with Crippen molar-refractivity contribution in [1.29, 1.82) is 0 Å². The summed E-state index contributed by atoms with van der Waals surface area (Å²) >= 11 is 1.27. The number of thioether (sulfide) groups is 1. The monoisotopic (exact) mass is 568 g/mol. The van der Waals surface area contributed by atoms with Gasteiger partial charge < -0.3 is 5.32 Å². The van der Waals surface area contributed by atoms with Gasteiger partial charge in [-0.1, -0.05) is 55.9 Å². The van der Waals surface area contributed by atoms with E-state index >= 15 is 0 Å². The Balaban J connectivity index is 1.81. The van der Waals surface area contributed by atoms with Crippen LogP contribution in [0.2, 0.25) is 0 Å². The van der Waals surface area contributed by atoms with E-state index in [1.165, 1.54) is 28.5 Å². The number of allylic oxidation sites excluding steroid dienone is 4. The molecular weight excluding hydrogens is 532 g/mol. The van der Waals surface area contributed by atoms with Crippen LogP contribution >= 0.6 is 11.8 Å². The van der Waals surface area contributed by atoms with Gasteiger partial charge in [0.1, 0.15) is 11.0 Å². The number of nitrogens with one attached hydrogen (secondary N) is 1. The van der Waals surface area contributed by atoms with Gasteiger partial charge in [-0.2, -0.15) is 0 Å². The number of hydrogen-bond acceptors (Lipinski definition) is 5. The molecule has 1 aliphatic rings. The Hall–Kier alpha value is -3.21. The average Bonchev–Trinajstić information content (AvgIpc) is 3.23. The molecule has 1 unspecified atom stereocenters. The molecule has 1 N–H and O–H groups in total. The molecule has 10 heteroatoms. The summed E-state index contributed by atoms with van der Waals surface area (Å²) in [5, 5.41) is 3.31. The van der Waals surface area contributed by atoms with Crippen LogP contribution in [0.1, 0.15) is 37.3 Å². The molecule has 1 aliphatic carbocycles. The average molecular weight is 569 g/mol. The molecule has 39 heavy (non-hydrogen) atoms. The maximum absolute atomic E-state index is 13.4. The molecule has 0 spiro atoms. The molecule has 1 heterocycles. The lowest BCUT2D eigenvalue weighted by Gasteiger charge is -2.16. The first kappa shape index (κ1) is 30.3. The lowest BCUT2D eigenvalue weighted by atomic mass is 10.2. The summed E-state index contributed by atoms with van der Waals surface area (Å²) in [6, 6.07) is 7.09. The molecule has 2 aromatic rings. The van der Waals surface area contributed by atoms with Gasteiger partial charge in [0.25, 0.3) is 5.56 Å². The standard InChI is InChI=1S/C29H36N4O4S2/c1-5-6-19-31(2)39(37)24-15-13-23(14-16-24)21-33-27(35)25(28(38-4)32(3)29(33)36)17-18-26(34)30-20-22-11-9-7-8-10-12-22/h7-9,11-18H,5-6,10,19-21H2,1-4H3,(H,30,34)/b18-17+. The van der Waals surface area contributed by atoms with Gasteiger partial charge in [0.2, 0.25) is 5.91 Å². The Morgan fingerprint density at radius 2 is 1.95 bits per heavy atom. The van der Waals surface area contributed by atoms with Gasteiger partial charge in [0.15, 0.2) is 0 Å². The first-order chi connectivity index (χ1) is 18.8. The molecule has 0 saturated heterocycles. The third kappa shape index (κ3) is 8.14. The molecule has 0 fully saturated rings. The van der Waals surface area contributed by atoms with Gasteiger partial charge in [-0.3, -0.25) is 18.7 Å². The quantitative estimate of drug-likeness (QED) is 0.240. The van der Waals surface area contributed by atoms with Crippen LogP contribution in [0.25, 0.3) is 6.08 Å². The minimum Gasteiger partial charge on any atom is -0.348 e. The van der Waals surface area contributed by atoms with Gasteiger partial charge >= 0.3 is 5.69 Å². The van der Waals surface area contributed by atoms with Gasteiger partial charge in [-0.05, 0) is 48.4 Å². The lowest BCUT2D eigenvalue weighted by Crippen LogP contribution is -2.41. The summed E-state index contributed by atoms with van der Waals surface area (Å²) < 4.78 is 17.1. The molecule has 1 aromatic carbocycles. The normalized spacial score (nSPS) is 14.0. The molecule has 3 rings (SSSR count). The van der Waals surface area contributed by atoms with Crippen LogP contribution in [0.4, 0.5) is 0 Å². The second-order valence-corrected chi connectivity index (χ2v) is 11.5. The Labute approximate surface area is 236 Å². The highest BCUT2D eigenvalue weighted by Gasteiger charge is 2.16. The lowest BCUT2D eigenvalue weighted by molar-refractivity contribution is -0.116. The fraction of sp³-hybridized carbons (Fsp3) is 0.345. The van der Waals surface area contributed by atoms with E-state index in [1.54, 1.807) is 41.9 Å². The molecule has 208 valence electrons. The summed E-state index contributed by atoms with van der Waals surface area (Å²) in [5.41, 5.74) is 1.08. The van der Waals surface area contributed by atoms with E-state index < -0.39 is 22.2 Å². The summed E-state index contributed by atoms with van der Waals surface area (Å²) in [6.45, 7) is 3.26. The van der Waals surface area contributed by atoms with Crippen molar-refractivity contribution in [2.75, 3.05) is 26.4 Å². The van der Waals surface area contributed by atoms with E-state index in [0.717, 1.165) is 41.5 Å². The van der Waals surface area contributed by atoms with E-state index in [9.17, 15) is 18.6 Å². The zero-order valence-corrected chi connectivity index (χ0v) is 24.5. The van der Waals surface area contributed by atoms with E-state index in [-0.39, 0.29) is 18.0 Å². The van der Waals surface area contributed by atoms with Crippen molar-refractivity contribution < 1.29 is 9.00 Å². The fourth-order valence-corrected chi connectivity index (χ4v) is 5.75. The first-order valence-electron chi connectivity index (χ1n) is 12.8. The Morgan fingerprint density at radius 3 is 2.64 bits per heavy atom. The molecule has 0 radical (unpaired) electrons. The van der Waals surface area contributed by atoms with Gasteiger partial charge in [0, 0.05) is 33.3 Å². The van der Waals surface area contributed by atoms with Crippen LogP contribution in [0, 0.1) is 0 Å². The highest BCUT2D eigenvalue weighted by atomic mass is 32.2. The van der Waals surface area contributed by atoms with Gasteiger partial charge in [0.05, 0.1) is 22.0 Å². The highest BCUT2D eigenvalue weighted by molar-refractivity contribution is 7.98. The number of unbranched alkanes of at least 4 members (excludes halogenated alkanes) is 1. The summed E-state index contributed by atoms with van der Waals surface area (Å²) in [7, 11) is 2.16. The Bertz CT molecular complexity index is 1430. The van der Waals surface area contributed by atoms with Crippen molar-refractivity contribution in [3.63, 3.8) is 0 Å². The van der Waals surface area contributed by atoms with Gasteiger partial charge in [-0.25, -0.2) is 13.3 Å². The molecule has 1 aromatic heterocycles. The van der Waals surface area contributed by atoms with Crippen LogP contribution < -0.4 is 16.6 Å². The fourth-order valence-electron chi connectivity index (χ4n) is 4.00. The topological polar surface area (TPSA) is 93.4 Å². The number of benzene rings is 1. The summed E-state index contributed by atoms with van der Waals surface area (Å²) in [5.74, 6) is -0.333. The smallest absolute Gasteiger partial charge is 0.331 e. The minimum atomic E-state index is -1.28. The van der Waals surface area contributed by atoms with Crippen molar-refractivity contribution in [1.82, 2.24) is 18.8 Å². The summed E-state index contributed by atoms with van der Waals surface area (Å²) in [4.78, 5) is 39.7. The van der Waals surface area contributed by atoms with Crippen LogP contribution in [0.15, 0.2) is 85.8 Å². The van der Waals surface area contributed by atoms with Crippen molar-refractivity contribution >= 4 is 34.7 Å². The van der Waals surface area contributed by atoms with Crippen LogP contribution in [0.3, 0.4) is 0 Å². The number of rotatable bonds is 12. The molecular formula is C29H36N4O4S2. The second kappa shape index (κ2) is 14.8. The van der Waals surface area contributed by atoms with Crippen LogP contribution in [0.5, 0.6) is 0 Å². The SMILES string of the molecule is CCCCN(C)S(=O)c1ccc(Cn2c(=O)c(/C=C/C(=O)NCC3=CCC=CC=C3)c(SC)n(C)c2=O)cc1. The largest absolute Gasteiger partial charge is 0.348 e. The zero-order valence-electron chi connectivity index (χ0n) is 22.9. The third-order valence-corrected chi connectivity index (χ3v) is 8.54. The maximum Gasteiger partial charge on any atom is 0.331 e.